The Labute approximate surface area is 165 Å². The molecule has 0 radical (unpaired) electrons. The van der Waals surface area contributed by atoms with Gasteiger partial charge in [-0.15, -0.1) is 0 Å². The van der Waals surface area contributed by atoms with Crippen molar-refractivity contribution >= 4 is 32.6 Å². The molecule has 0 saturated carbocycles. The lowest BCUT2D eigenvalue weighted by Gasteiger charge is -2.21. The normalized spacial score (nSPS) is 11.3. The van der Waals surface area contributed by atoms with Crippen LogP contribution in [0, 0.1) is 20.8 Å². The van der Waals surface area contributed by atoms with Crippen molar-refractivity contribution in [2.45, 2.75) is 27.2 Å². The molecule has 4 nitrogen and oxygen atoms in total. The zero-order valence-corrected chi connectivity index (χ0v) is 17.6. The summed E-state index contributed by atoms with van der Waals surface area (Å²) in [6, 6.07) is 12.1. The molecule has 3 aromatic rings. The van der Waals surface area contributed by atoms with Crippen LogP contribution in [0.2, 0.25) is 0 Å². The molecule has 0 atom stereocenters. The number of fused-ring (bicyclic) bond motifs is 1. The van der Waals surface area contributed by atoms with Crippen molar-refractivity contribution in [3.8, 4) is 0 Å². The number of amides is 1. The number of hydrogen-bond donors (Lipinski definition) is 0. The summed E-state index contributed by atoms with van der Waals surface area (Å²) in [5, 5.41) is 0.783. The van der Waals surface area contributed by atoms with Crippen LogP contribution in [0.3, 0.4) is 0 Å². The zero-order chi connectivity index (χ0) is 19.6. The standard InChI is InChI=1S/C22H27N3OS/c1-15-13-17(3)20-19(14-15)27-22(23-20)25(12-8-11-24(4)5)21(26)18-10-7-6-9-16(18)2/h6-7,9-10,13-14H,8,11-12H2,1-5H3. The van der Waals surface area contributed by atoms with E-state index in [0.29, 0.717) is 6.54 Å². The van der Waals surface area contributed by atoms with E-state index in [0.717, 1.165) is 45.0 Å². The molecule has 1 heterocycles. The summed E-state index contributed by atoms with van der Waals surface area (Å²) >= 11 is 1.60. The van der Waals surface area contributed by atoms with E-state index in [4.69, 9.17) is 4.98 Å². The first kappa shape index (κ1) is 19.5. The molecule has 0 aliphatic rings. The Morgan fingerprint density at radius 2 is 1.78 bits per heavy atom. The van der Waals surface area contributed by atoms with E-state index in [2.05, 4.69) is 45.0 Å². The molecular formula is C22H27N3OS. The Morgan fingerprint density at radius 1 is 1.04 bits per heavy atom. The lowest BCUT2D eigenvalue weighted by Crippen LogP contribution is -2.33. The van der Waals surface area contributed by atoms with E-state index in [1.54, 1.807) is 11.3 Å². The number of carbonyl (C=O) groups excluding carboxylic acids is 1. The Balaban J connectivity index is 2.00. The maximum atomic E-state index is 13.3. The second kappa shape index (κ2) is 8.19. The van der Waals surface area contributed by atoms with Gasteiger partial charge in [0.15, 0.2) is 5.13 Å². The van der Waals surface area contributed by atoms with Crippen molar-refractivity contribution in [1.82, 2.24) is 9.88 Å². The van der Waals surface area contributed by atoms with Crippen LogP contribution in [0.1, 0.15) is 33.5 Å². The van der Waals surface area contributed by atoms with Gasteiger partial charge in [0.1, 0.15) is 0 Å². The van der Waals surface area contributed by atoms with Gasteiger partial charge in [0.25, 0.3) is 5.91 Å². The second-order valence-electron chi connectivity index (χ2n) is 7.35. The number of hydrogen-bond acceptors (Lipinski definition) is 4. The smallest absolute Gasteiger partial charge is 0.260 e. The minimum Gasteiger partial charge on any atom is -0.309 e. The van der Waals surface area contributed by atoms with Gasteiger partial charge >= 0.3 is 0 Å². The third-order valence-electron chi connectivity index (χ3n) is 4.66. The molecule has 0 saturated heterocycles. The zero-order valence-electron chi connectivity index (χ0n) is 16.7. The number of benzene rings is 2. The van der Waals surface area contributed by atoms with Crippen LogP contribution in [0.4, 0.5) is 5.13 Å². The van der Waals surface area contributed by atoms with Crippen LogP contribution in [0.5, 0.6) is 0 Å². The van der Waals surface area contributed by atoms with Crippen molar-refractivity contribution in [3.05, 3.63) is 58.7 Å². The predicted octanol–water partition coefficient (Wildman–Crippen LogP) is 4.82. The van der Waals surface area contributed by atoms with Crippen molar-refractivity contribution in [2.24, 2.45) is 0 Å². The average Bonchev–Trinajstić information content (AvgIpc) is 3.02. The third kappa shape index (κ3) is 4.37. The summed E-state index contributed by atoms with van der Waals surface area (Å²) in [4.78, 5) is 22.2. The van der Waals surface area contributed by atoms with Crippen LogP contribution < -0.4 is 4.90 Å². The maximum absolute atomic E-state index is 13.3. The first-order valence-corrected chi connectivity index (χ1v) is 10.1. The van der Waals surface area contributed by atoms with Gasteiger partial charge in [-0.2, -0.15) is 0 Å². The molecule has 0 aliphatic heterocycles. The first-order chi connectivity index (χ1) is 12.9. The molecule has 1 aromatic heterocycles. The highest BCUT2D eigenvalue weighted by molar-refractivity contribution is 7.22. The van der Waals surface area contributed by atoms with E-state index in [9.17, 15) is 4.79 Å². The van der Waals surface area contributed by atoms with Crippen molar-refractivity contribution in [2.75, 3.05) is 32.1 Å². The van der Waals surface area contributed by atoms with Crippen molar-refractivity contribution in [1.29, 1.82) is 0 Å². The van der Waals surface area contributed by atoms with E-state index < -0.39 is 0 Å². The summed E-state index contributed by atoms with van der Waals surface area (Å²) in [6.45, 7) is 7.75. The first-order valence-electron chi connectivity index (χ1n) is 9.27. The molecule has 0 spiro atoms. The van der Waals surface area contributed by atoms with Gasteiger partial charge in [-0.1, -0.05) is 35.6 Å². The number of aromatic nitrogens is 1. The van der Waals surface area contributed by atoms with E-state index >= 15 is 0 Å². The van der Waals surface area contributed by atoms with E-state index in [1.807, 2.05) is 36.1 Å². The molecule has 0 N–H and O–H groups in total. The summed E-state index contributed by atoms with van der Waals surface area (Å²) in [6.07, 6.45) is 0.901. The topological polar surface area (TPSA) is 36.4 Å². The summed E-state index contributed by atoms with van der Waals surface area (Å²) in [7, 11) is 4.11. The van der Waals surface area contributed by atoms with E-state index in [1.165, 1.54) is 5.56 Å². The third-order valence-corrected chi connectivity index (χ3v) is 5.68. The van der Waals surface area contributed by atoms with E-state index in [-0.39, 0.29) is 5.91 Å². The summed E-state index contributed by atoms with van der Waals surface area (Å²) < 4.78 is 1.14. The number of anilines is 1. The highest BCUT2D eigenvalue weighted by Gasteiger charge is 2.22. The molecule has 2 aromatic carbocycles. The largest absolute Gasteiger partial charge is 0.309 e. The molecule has 0 unspecified atom stereocenters. The van der Waals surface area contributed by atoms with Gasteiger partial charge in [0, 0.05) is 12.1 Å². The Hall–Kier alpha value is -2.24. The van der Waals surface area contributed by atoms with Crippen LogP contribution in [0.15, 0.2) is 36.4 Å². The van der Waals surface area contributed by atoms with Gasteiger partial charge in [0.05, 0.1) is 10.2 Å². The van der Waals surface area contributed by atoms with Crippen LogP contribution in [-0.2, 0) is 0 Å². The highest BCUT2D eigenvalue weighted by atomic mass is 32.1. The number of aryl methyl sites for hydroxylation is 3. The van der Waals surface area contributed by atoms with Crippen LogP contribution >= 0.6 is 11.3 Å². The Morgan fingerprint density at radius 3 is 2.48 bits per heavy atom. The fourth-order valence-corrected chi connectivity index (χ4v) is 4.43. The quantitative estimate of drug-likeness (QED) is 0.614. The fraction of sp³-hybridized carbons (Fsp3) is 0.364. The van der Waals surface area contributed by atoms with Gasteiger partial charge < -0.3 is 4.90 Å². The van der Waals surface area contributed by atoms with Crippen molar-refractivity contribution < 1.29 is 4.79 Å². The molecule has 142 valence electrons. The van der Waals surface area contributed by atoms with Crippen LogP contribution in [-0.4, -0.2) is 43.0 Å². The Kier molecular flexibility index (Phi) is 5.92. The number of carbonyl (C=O) groups is 1. The monoisotopic (exact) mass is 381 g/mol. The molecule has 1 amide bonds. The molecule has 3 rings (SSSR count). The predicted molar refractivity (Wildman–Crippen MR) is 115 cm³/mol. The van der Waals surface area contributed by atoms with Gasteiger partial charge in [-0.25, -0.2) is 4.98 Å². The molecule has 0 bridgehead atoms. The minimum atomic E-state index is 0.0280. The van der Waals surface area contributed by atoms with Crippen molar-refractivity contribution in [3.63, 3.8) is 0 Å². The summed E-state index contributed by atoms with van der Waals surface area (Å²) in [5.74, 6) is 0.0280. The lowest BCUT2D eigenvalue weighted by molar-refractivity contribution is 0.0985. The number of rotatable bonds is 6. The van der Waals surface area contributed by atoms with Gasteiger partial charge in [-0.05, 0) is 76.7 Å². The molecule has 0 fully saturated rings. The molecule has 0 aliphatic carbocycles. The van der Waals surface area contributed by atoms with Gasteiger partial charge in [-0.3, -0.25) is 9.69 Å². The van der Waals surface area contributed by atoms with Crippen LogP contribution in [0.25, 0.3) is 10.2 Å². The molecule has 5 heteroatoms. The Bertz CT molecular complexity index is 961. The van der Waals surface area contributed by atoms with Gasteiger partial charge in [0.2, 0.25) is 0 Å². The maximum Gasteiger partial charge on any atom is 0.260 e. The minimum absolute atomic E-state index is 0.0280. The average molecular weight is 382 g/mol. The lowest BCUT2D eigenvalue weighted by atomic mass is 10.1. The molecule has 27 heavy (non-hydrogen) atoms. The second-order valence-corrected chi connectivity index (χ2v) is 8.36. The molecular weight excluding hydrogens is 354 g/mol. The fourth-order valence-electron chi connectivity index (χ4n) is 3.26. The number of nitrogens with zero attached hydrogens (tertiary/aromatic N) is 3. The number of thiazole rings is 1. The SMILES string of the molecule is Cc1cc(C)c2nc(N(CCCN(C)C)C(=O)c3ccccc3C)sc2c1. The highest BCUT2D eigenvalue weighted by Crippen LogP contribution is 2.32. The summed E-state index contributed by atoms with van der Waals surface area (Å²) in [5.41, 5.74) is 5.11.